The molecule has 0 radical (unpaired) electrons. The predicted octanol–water partition coefficient (Wildman–Crippen LogP) is 2.93. The molecule has 6 aliphatic heterocycles. The molecule has 220 valence electrons. The third kappa shape index (κ3) is 5.07. The van der Waals surface area contributed by atoms with E-state index in [-0.39, 0.29) is 11.8 Å². The highest BCUT2D eigenvalue weighted by atomic mass is 16.2. The molecule has 0 spiro atoms. The summed E-state index contributed by atoms with van der Waals surface area (Å²) in [4.78, 5) is 30.1. The number of hydrogen-bond acceptors (Lipinski definition) is 6. The van der Waals surface area contributed by atoms with Gasteiger partial charge >= 0.3 is 0 Å². The Hall–Kier alpha value is -3.76. The van der Waals surface area contributed by atoms with E-state index < -0.39 is 0 Å². The fourth-order valence-electron chi connectivity index (χ4n) is 7.40. The summed E-state index contributed by atoms with van der Waals surface area (Å²) in [6.45, 7) is 10.7. The maximum atomic E-state index is 12.6. The second kappa shape index (κ2) is 11.1. The number of pyridine rings is 2. The van der Waals surface area contributed by atoms with E-state index in [1.807, 2.05) is 59.3 Å². The molecule has 10 nitrogen and oxygen atoms in total. The van der Waals surface area contributed by atoms with Crippen LogP contribution in [-0.4, -0.2) is 92.2 Å². The van der Waals surface area contributed by atoms with Crippen LogP contribution in [0.1, 0.15) is 57.8 Å². The highest BCUT2D eigenvalue weighted by molar-refractivity contribution is 6.01. The van der Waals surface area contributed by atoms with Crippen molar-refractivity contribution in [1.82, 2.24) is 39.7 Å². The largest absolute Gasteiger partial charge is 0.348 e. The van der Waals surface area contributed by atoms with Crippen molar-refractivity contribution in [3.8, 4) is 0 Å². The van der Waals surface area contributed by atoms with Gasteiger partial charge in [0.25, 0.3) is 11.8 Å². The summed E-state index contributed by atoms with van der Waals surface area (Å²) in [6.07, 6.45) is 8.19. The average Bonchev–Trinajstić information content (AvgIpc) is 3.65. The van der Waals surface area contributed by atoms with Crippen molar-refractivity contribution >= 4 is 22.8 Å². The van der Waals surface area contributed by atoms with E-state index >= 15 is 0 Å². The van der Waals surface area contributed by atoms with Gasteiger partial charge in [-0.1, -0.05) is 12.1 Å². The van der Waals surface area contributed by atoms with Crippen LogP contribution in [0.15, 0.2) is 48.8 Å². The molecule has 42 heavy (non-hydrogen) atoms. The lowest BCUT2D eigenvalue weighted by atomic mass is 9.84. The number of piperidine rings is 6. The zero-order valence-corrected chi connectivity index (χ0v) is 24.5. The number of nitrogens with one attached hydrogen (secondary N) is 2. The Morgan fingerprint density at radius 2 is 1.07 bits per heavy atom. The molecule has 6 aliphatic rings. The first-order valence-electron chi connectivity index (χ1n) is 15.4. The summed E-state index contributed by atoms with van der Waals surface area (Å²) in [6, 6.07) is 12.4. The molecule has 2 amide bonds. The van der Waals surface area contributed by atoms with Gasteiger partial charge in [-0.25, -0.2) is 9.03 Å². The van der Waals surface area contributed by atoms with Crippen LogP contribution in [-0.2, 0) is 0 Å². The van der Waals surface area contributed by atoms with E-state index in [1.165, 1.54) is 51.9 Å². The van der Waals surface area contributed by atoms with Gasteiger partial charge in [-0.2, -0.15) is 10.2 Å². The molecule has 0 aliphatic carbocycles. The standard InChI is InChI=1S/2C16H20N4O/c2*1-11-3-2-4-15-13(9-17-20(11)15)16(21)18-14-10-19-7-5-12(14)6-8-19/h2*2-4,9,12,14H,5-8,10H2,1H3,(H,18,21). The van der Waals surface area contributed by atoms with E-state index in [2.05, 4.69) is 30.6 Å². The first-order chi connectivity index (χ1) is 20.4. The van der Waals surface area contributed by atoms with E-state index in [0.717, 1.165) is 35.5 Å². The third-order valence-corrected chi connectivity index (χ3v) is 9.90. The summed E-state index contributed by atoms with van der Waals surface area (Å²) >= 11 is 0. The maximum Gasteiger partial charge on any atom is 0.255 e. The second-order valence-electron chi connectivity index (χ2n) is 12.5. The molecule has 10 rings (SSSR count). The molecule has 4 aromatic rings. The number of carbonyl (C=O) groups excluding carboxylic acids is 2. The highest BCUT2D eigenvalue weighted by Gasteiger charge is 2.36. The number of nitrogens with zero attached hydrogens (tertiary/aromatic N) is 6. The topological polar surface area (TPSA) is 99.3 Å². The Balaban J connectivity index is 0.000000137. The number of aryl methyl sites for hydroxylation is 2. The molecule has 2 N–H and O–H groups in total. The quantitative estimate of drug-likeness (QED) is 0.393. The molecule has 6 saturated heterocycles. The number of fused-ring (bicyclic) bond motifs is 8. The first kappa shape index (κ1) is 27.1. The van der Waals surface area contributed by atoms with Crippen LogP contribution < -0.4 is 10.6 Å². The van der Waals surface area contributed by atoms with Gasteiger partial charge in [0, 0.05) is 36.6 Å². The molecular weight excluding hydrogens is 528 g/mol. The Morgan fingerprint density at radius 1 is 0.667 bits per heavy atom. The summed E-state index contributed by atoms with van der Waals surface area (Å²) < 4.78 is 3.65. The van der Waals surface area contributed by atoms with Crippen LogP contribution >= 0.6 is 0 Å². The van der Waals surface area contributed by atoms with Crippen LogP contribution in [0.25, 0.3) is 11.0 Å². The van der Waals surface area contributed by atoms with E-state index in [1.54, 1.807) is 12.4 Å². The van der Waals surface area contributed by atoms with Crippen molar-refractivity contribution < 1.29 is 9.59 Å². The van der Waals surface area contributed by atoms with E-state index in [0.29, 0.717) is 35.0 Å². The lowest BCUT2D eigenvalue weighted by Gasteiger charge is -2.44. The normalized spacial score (nSPS) is 28.0. The number of amides is 2. The van der Waals surface area contributed by atoms with Gasteiger partial charge in [0.05, 0.1) is 34.6 Å². The molecule has 2 unspecified atom stereocenters. The maximum absolute atomic E-state index is 12.6. The van der Waals surface area contributed by atoms with E-state index in [9.17, 15) is 9.59 Å². The molecule has 4 bridgehead atoms. The Morgan fingerprint density at radius 3 is 1.43 bits per heavy atom. The molecular formula is C32H40N8O2. The fraction of sp³-hybridized carbons (Fsp3) is 0.500. The monoisotopic (exact) mass is 568 g/mol. The van der Waals surface area contributed by atoms with Gasteiger partial charge in [-0.3, -0.25) is 9.59 Å². The van der Waals surface area contributed by atoms with Crippen molar-refractivity contribution in [2.45, 2.75) is 51.6 Å². The van der Waals surface area contributed by atoms with Crippen molar-refractivity contribution in [1.29, 1.82) is 0 Å². The Labute approximate surface area is 246 Å². The molecule has 4 aromatic heterocycles. The minimum atomic E-state index is 0.00866. The van der Waals surface area contributed by atoms with Crippen LogP contribution in [0.4, 0.5) is 0 Å². The molecule has 10 heterocycles. The highest BCUT2D eigenvalue weighted by Crippen LogP contribution is 2.29. The SMILES string of the molecule is Cc1cccc2c(C(=O)NC3CN4CCC3CC4)cnn12.Cc1cccc2c(C(=O)NC3CN4CCC3CC4)cnn12. The summed E-state index contributed by atoms with van der Waals surface area (Å²) in [7, 11) is 0. The fourth-order valence-corrected chi connectivity index (χ4v) is 7.40. The zero-order valence-electron chi connectivity index (χ0n) is 24.5. The van der Waals surface area contributed by atoms with Crippen molar-refractivity contribution in [3.63, 3.8) is 0 Å². The van der Waals surface area contributed by atoms with Crippen molar-refractivity contribution in [2.75, 3.05) is 39.3 Å². The Kier molecular flexibility index (Phi) is 7.19. The van der Waals surface area contributed by atoms with Gasteiger partial charge in [0.2, 0.25) is 0 Å². The summed E-state index contributed by atoms with van der Waals surface area (Å²) in [5, 5.41) is 15.1. The van der Waals surface area contributed by atoms with Crippen LogP contribution in [0, 0.1) is 25.7 Å². The summed E-state index contributed by atoms with van der Waals surface area (Å²) in [5.41, 5.74) is 5.19. The second-order valence-corrected chi connectivity index (χ2v) is 12.5. The van der Waals surface area contributed by atoms with E-state index in [4.69, 9.17) is 0 Å². The zero-order chi connectivity index (χ0) is 28.8. The molecule has 2 atom stereocenters. The predicted molar refractivity (Wildman–Crippen MR) is 161 cm³/mol. The van der Waals surface area contributed by atoms with Crippen LogP contribution in [0.5, 0.6) is 0 Å². The average molecular weight is 569 g/mol. The molecule has 6 fully saturated rings. The van der Waals surface area contributed by atoms with Gasteiger partial charge < -0.3 is 20.4 Å². The molecule has 10 heteroatoms. The molecule has 0 aromatic carbocycles. The summed E-state index contributed by atoms with van der Waals surface area (Å²) in [5.74, 6) is 1.30. The van der Waals surface area contributed by atoms with Crippen molar-refractivity contribution in [3.05, 3.63) is 71.3 Å². The van der Waals surface area contributed by atoms with Gasteiger partial charge in [0.1, 0.15) is 0 Å². The smallest absolute Gasteiger partial charge is 0.255 e. The Bertz CT molecular complexity index is 1490. The number of aromatic nitrogens is 4. The first-order valence-corrected chi connectivity index (χ1v) is 15.4. The number of carbonyl (C=O) groups is 2. The van der Waals surface area contributed by atoms with Gasteiger partial charge in [-0.15, -0.1) is 0 Å². The number of rotatable bonds is 4. The van der Waals surface area contributed by atoms with Crippen LogP contribution in [0.3, 0.4) is 0 Å². The van der Waals surface area contributed by atoms with Gasteiger partial charge in [0.15, 0.2) is 0 Å². The minimum absolute atomic E-state index is 0.00866. The third-order valence-electron chi connectivity index (χ3n) is 9.90. The number of hydrogen-bond donors (Lipinski definition) is 2. The lowest BCUT2D eigenvalue weighted by Crippen LogP contribution is -2.57. The minimum Gasteiger partial charge on any atom is -0.348 e. The lowest BCUT2D eigenvalue weighted by molar-refractivity contribution is 0.0618. The van der Waals surface area contributed by atoms with Crippen molar-refractivity contribution in [2.24, 2.45) is 11.8 Å². The van der Waals surface area contributed by atoms with Crippen LogP contribution in [0.2, 0.25) is 0 Å². The van der Waals surface area contributed by atoms with Gasteiger partial charge in [-0.05, 0) is 102 Å². The molecule has 0 saturated carbocycles.